The molecular weight excluding hydrogens is 322 g/mol. The third kappa shape index (κ3) is 4.31. The number of amides is 1. The first-order valence-electron chi connectivity index (χ1n) is 8.27. The standard InChI is InChI=1S/C16H21N7O2/c1-3-23-13(11-12(2)21-23)16-20-19-15(25-16)6-5-14(24)17-8-10-22-9-4-7-18-22/h4,7,9,11H,3,5-6,8,10H2,1-2H3,(H,17,24). The lowest BCUT2D eigenvalue weighted by atomic mass is 10.3. The van der Waals surface area contributed by atoms with Crippen LogP contribution >= 0.6 is 0 Å². The molecule has 0 fully saturated rings. The van der Waals surface area contributed by atoms with Crippen molar-refractivity contribution in [1.82, 2.24) is 35.1 Å². The summed E-state index contributed by atoms with van der Waals surface area (Å²) in [6.07, 6.45) is 4.27. The van der Waals surface area contributed by atoms with Crippen molar-refractivity contribution in [2.75, 3.05) is 6.54 Å². The minimum atomic E-state index is -0.0543. The normalized spacial score (nSPS) is 11.0. The smallest absolute Gasteiger partial charge is 0.265 e. The number of hydrogen-bond acceptors (Lipinski definition) is 6. The summed E-state index contributed by atoms with van der Waals surface area (Å²) in [6.45, 7) is 5.81. The van der Waals surface area contributed by atoms with Crippen molar-refractivity contribution in [2.24, 2.45) is 0 Å². The van der Waals surface area contributed by atoms with Gasteiger partial charge in [0.05, 0.1) is 12.2 Å². The minimum absolute atomic E-state index is 0.0543. The molecule has 1 amide bonds. The average molecular weight is 343 g/mol. The Labute approximate surface area is 145 Å². The van der Waals surface area contributed by atoms with Gasteiger partial charge in [-0.2, -0.15) is 10.2 Å². The van der Waals surface area contributed by atoms with E-state index in [0.29, 0.717) is 37.7 Å². The summed E-state index contributed by atoms with van der Waals surface area (Å²) in [7, 11) is 0. The second kappa shape index (κ2) is 7.73. The summed E-state index contributed by atoms with van der Waals surface area (Å²) in [5, 5.41) is 19.4. The maximum Gasteiger partial charge on any atom is 0.265 e. The Hall–Kier alpha value is -2.97. The fourth-order valence-electron chi connectivity index (χ4n) is 2.47. The van der Waals surface area contributed by atoms with E-state index in [1.54, 1.807) is 10.9 Å². The van der Waals surface area contributed by atoms with E-state index >= 15 is 0 Å². The van der Waals surface area contributed by atoms with Crippen LogP contribution in [0.2, 0.25) is 0 Å². The van der Waals surface area contributed by atoms with E-state index in [2.05, 4.69) is 25.7 Å². The van der Waals surface area contributed by atoms with Crippen molar-refractivity contribution in [3.8, 4) is 11.6 Å². The second-order valence-electron chi connectivity index (χ2n) is 5.61. The third-order valence-corrected chi connectivity index (χ3v) is 3.68. The first-order valence-corrected chi connectivity index (χ1v) is 8.27. The van der Waals surface area contributed by atoms with Crippen LogP contribution < -0.4 is 5.32 Å². The Kier molecular flexibility index (Phi) is 5.22. The molecule has 0 atom stereocenters. The van der Waals surface area contributed by atoms with Gasteiger partial charge in [0.15, 0.2) is 0 Å². The van der Waals surface area contributed by atoms with Crippen LogP contribution in [0.3, 0.4) is 0 Å². The lowest BCUT2D eigenvalue weighted by Gasteiger charge is -2.04. The number of carbonyl (C=O) groups is 1. The summed E-state index contributed by atoms with van der Waals surface area (Å²) < 4.78 is 9.24. The molecule has 0 aliphatic carbocycles. The molecule has 0 spiro atoms. The van der Waals surface area contributed by atoms with E-state index < -0.39 is 0 Å². The van der Waals surface area contributed by atoms with Gasteiger partial charge in [-0.3, -0.25) is 14.2 Å². The van der Waals surface area contributed by atoms with Gasteiger partial charge in [-0.05, 0) is 26.0 Å². The highest BCUT2D eigenvalue weighted by atomic mass is 16.4. The van der Waals surface area contributed by atoms with Gasteiger partial charge in [-0.1, -0.05) is 0 Å². The molecule has 3 rings (SSSR count). The van der Waals surface area contributed by atoms with Crippen LogP contribution in [0.5, 0.6) is 0 Å². The molecular formula is C16H21N7O2. The number of nitrogens with zero attached hydrogens (tertiary/aromatic N) is 6. The van der Waals surface area contributed by atoms with E-state index in [9.17, 15) is 4.79 Å². The van der Waals surface area contributed by atoms with Crippen molar-refractivity contribution in [3.05, 3.63) is 36.1 Å². The summed E-state index contributed by atoms with van der Waals surface area (Å²) in [6, 6.07) is 3.75. The molecule has 0 radical (unpaired) electrons. The molecule has 0 aliphatic rings. The highest BCUT2D eigenvalue weighted by Gasteiger charge is 2.15. The zero-order valence-electron chi connectivity index (χ0n) is 14.3. The number of hydrogen-bond donors (Lipinski definition) is 1. The van der Waals surface area contributed by atoms with Gasteiger partial charge >= 0.3 is 0 Å². The molecule has 1 N–H and O–H groups in total. The summed E-state index contributed by atoms with van der Waals surface area (Å²) in [4.78, 5) is 11.9. The number of aryl methyl sites for hydroxylation is 3. The molecule has 3 aromatic rings. The van der Waals surface area contributed by atoms with Crippen molar-refractivity contribution in [1.29, 1.82) is 0 Å². The first-order chi connectivity index (χ1) is 12.2. The van der Waals surface area contributed by atoms with Gasteiger partial charge in [0.25, 0.3) is 5.89 Å². The molecule has 0 aliphatic heterocycles. The van der Waals surface area contributed by atoms with Crippen molar-refractivity contribution in [3.63, 3.8) is 0 Å². The quantitative estimate of drug-likeness (QED) is 0.659. The number of aromatic nitrogens is 6. The molecule has 3 aromatic heterocycles. The van der Waals surface area contributed by atoms with Gasteiger partial charge in [-0.15, -0.1) is 10.2 Å². The van der Waals surface area contributed by atoms with Gasteiger partial charge in [0, 0.05) is 38.3 Å². The van der Waals surface area contributed by atoms with E-state index in [1.807, 2.05) is 36.9 Å². The fraction of sp³-hybridized carbons (Fsp3) is 0.438. The Bertz CT molecular complexity index is 820. The van der Waals surface area contributed by atoms with Crippen LogP contribution in [0, 0.1) is 6.92 Å². The van der Waals surface area contributed by atoms with Gasteiger partial charge in [-0.25, -0.2) is 0 Å². The van der Waals surface area contributed by atoms with E-state index in [4.69, 9.17) is 4.42 Å². The topological polar surface area (TPSA) is 104 Å². The largest absolute Gasteiger partial charge is 0.419 e. The van der Waals surface area contributed by atoms with Crippen LogP contribution in [0.15, 0.2) is 28.9 Å². The molecule has 3 heterocycles. The van der Waals surface area contributed by atoms with Crippen LogP contribution in [-0.4, -0.2) is 42.2 Å². The maximum absolute atomic E-state index is 11.9. The zero-order chi connectivity index (χ0) is 17.6. The summed E-state index contributed by atoms with van der Waals surface area (Å²) >= 11 is 0. The van der Waals surface area contributed by atoms with Crippen LogP contribution in [0.1, 0.15) is 24.9 Å². The Balaban J connectivity index is 1.49. The summed E-state index contributed by atoms with van der Waals surface area (Å²) in [5.74, 6) is 0.816. The van der Waals surface area contributed by atoms with Crippen molar-refractivity contribution < 1.29 is 9.21 Å². The maximum atomic E-state index is 11.9. The Morgan fingerprint density at radius 1 is 1.36 bits per heavy atom. The molecule has 9 heteroatoms. The van der Waals surface area contributed by atoms with E-state index in [1.165, 1.54) is 0 Å². The van der Waals surface area contributed by atoms with Crippen LogP contribution in [0.4, 0.5) is 0 Å². The molecule has 0 saturated carbocycles. The molecule has 132 valence electrons. The summed E-state index contributed by atoms with van der Waals surface area (Å²) in [5.41, 5.74) is 1.69. The molecule has 9 nitrogen and oxygen atoms in total. The Morgan fingerprint density at radius 2 is 2.24 bits per heavy atom. The highest BCUT2D eigenvalue weighted by Crippen LogP contribution is 2.19. The molecule has 0 unspecified atom stereocenters. The lowest BCUT2D eigenvalue weighted by molar-refractivity contribution is -0.121. The van der Waals surface area contributed by atoms with E-state index in [-0.39, 0.29) is 5.91 Å². The third-order valence-electron chi connectivity index (χ3n) is 3.68. The molecule has 0 saturated heterocycles. The van der Waals surface area contributed by atoms with Gasteiger partial charge in [0.2, 0.25) is 11.8 Å². The zero-order valence-corrected chi connectivity index (χ0v) is 14.3. The average Bonchev–Trinajstić information content (AvgIpc) is 3.33. The monoisotopic (exact) mass is 343 g/mol. The van der Waals surface area contributed by atoms with Crippen molar-refractivity contribution >= 4 is 5.91 Å². The van der Waals surface area contributed by atoms with Gasteiger partial charge < -0.3 is 9.73 Å². The van der Waals surface area contributed by atoms with Crippen LogP contribution in [-0.2, 0) is 24.3 Å². The predicted molar refractivity (Wildman–Crippen MR) is 89.5 cm³/mol. The highest BCUT2D eigenvalue weighted by molar-refractivity contribution is 5.75. The lowest BCUT2D eigenvalue weighted by Crippen LogP contribution is -2.27. The predicted octanol–water partition coefficient (Wildman–Crippen LogP) is 1.21. The van der Waals surface area contributed by atoms with Gasteiger partial charge in [0.1, 0.15) is 5.69 Å². The fourth-order valence-corrected chi connectivity index (χ4v) is 2.47. The van der Waals surface area contributed by atoms with E-state index in [0.717, 1.165) is 17.9 Å². The number of carbonyl (C=O) groups excluding carboxylic acids is 1. The molecule has 25 heavy (non-hydrogen) atoms. The van der Waals surface area contributed by atoms with Crippen molar-refractivity contribution in [2.45, 2.75) is 39.8 Å². The molecule has 0 aromatic carbocycles. The minimum Gasteiger partial charge on any atom is -0.419 e. The first kappa shape index (κ1) is 16.9. The number of nitrogens with one attached hydrogen (secondary N) is 1. The SMILES string of the molecule is CCn1nc(C)cc1-c1nnc(CCC(=O)NCCn2cccn2)o1. The molecule has 0 bridgehead atoms. The number of rotatable bonds is 8. The Morgan fingerprint density at radius 3 is 3.00 bits per heavy atom. The second-order valence-corrected chi connectivity index (χ2v) is 5.61. The van der Waals surface area contributed by atoms with Crippen LogP contribution in [0.25, 0.3) is 11.6 Å².